The second kappa shape index (κ2) is 6.95. The van der Waals surface area contributed by atoms with Gasteiger partial charge in [0.2, 0.25) is 0 Å². The molecule has 2 nitrogen and oxygen atoms in total. The van der Waals surface area contributed by atoms with Crippen LogP contribution in [-0.2, 0) is 20.1 Å². The van der Waals surface area contributed by atoms with Gasteiger partial charge in [-0.2, -0.15) is 0 Å². The number of imidazole rings is 1. The van der Waals surface area contributed by atoms with E-state index in [0.717, 1.165) is 22.4 Å². The van der Waals surface area contributed by atoms with E-state index in [0.29, 0.717) is 0 Å². The molecule has 0 aliphatic carbocycles. The third-order valence-corrected chi connectivity index (χ3v) is 4.37. The predicted molar refractivity (Wildman–Crippen MR) is 99.6 cm³/mol. The number of hydrogen-bond donors (Lipinski definition) is 0. The van der Waals surface area contributed by atoms with Crippen LogP contribution in [0.2, 0.25) is 0 Å². The van der Waals surface area contributed by atoms with E-state index < -0.39 is 0 Å². The Morgan fingerprint density at radius 3 is 2.24 bits per heavy atom. The van der Waals surface area contributed by atoms with Gasteiger partial charge in [0.25, 0.3) is 0 Å². The first kappa shape index (κ1) is 17.6. The smallest absolute Gasteiger partial charge is 0.0774 e. The van der Waals surface area contributed by atoms with Crippen molar-refractivity contribution in [3.8, 4) is 17.1 Å². The number of para-hydroxylation sites is 2. The van der Waals surface area contributed by atoms with Crippen LogP contribution in [0.25, 0.3) is 28.1 Å². The second-order valence-electron chi connectivity index (χ2n) is 6.28. The summed E-state index contributed by atoms with van der Waals surface area (Å²) in [5.41, 5.74) is 8.14. The van der Waals surface area contributed by atoms with Crippen LogP contribution in [0.3, 0.4) is 0 Å². The Morgan fingerprint density at radius 2 is 1.56 bits per heavy atom. The molecule has 25 heavy (non-hydrogen) atoms. The number of benzene rings is 3. The molecule has 0 saturated heterocycles. The first-order valence-corrected chi connectivity index (χ1v) is 8.18. The summed E-state index contributed by atoms with van der Waals surface area (Å²) in [5.74, 6) is 0.937. The quantitative estimate of drug-likeness (QED) is 0.334. The maximum Gasteiger partial charge on any atom is 0.0774 e. The maximum absolute atomic E-state index is 4.90. The fourth-order valence-corrected chi connectivity index (χ4v) is 3.49. The molecule has 0 unspecified atom stereocenters. The zero-order chi connectivity index (χ0) is 16.7. The van der Waals surface area contributed by atoms with Crippen molar-refractivity contribution in [1.29, 1.82) is 0 Å². The minimum Gasteiger partial charge on any atom is -0.333 e. The van der Waals surface area contributed by atoms with E-state index in [2.05, 4.69) is 67.8 Å². The zero-order valence-electron chi connectivity index (χ0n) is 14.5. The van der Waals surface area contributed by atoms with Gasteiger partial charge in [-0.05, 0) is 44.0 Å². The van der Waals surface area contributed by atoms with Gasteiger partial charge in [0, 0.05) is 25.8 Å². The molecule has 3 heteroatoms. The Labute approximate surface area is 161 Å². The molecule has 4 rings (SSSR count). The summed E-state index contributed by atoms with van der Waals surface area (Å²) < 4.78 is 2.27. The molecular weight excluding hydrogens is 484 g/mol. The Hall–Kier alpha value is -2.22. The van der Waals surface area contributed by atoms with Crippen LogP contribution in [-0.4, -0.2) is 9.55 Å². The van der Waals surface area contributed by atoms with E-state index in [1.807, 2.05) is 24.3 Å². The molecule has 1 radical (unpaired) electrons. The molecule has 0 atom stereocenters. The third kappa shape index (κ3) is 3.06. The van der Waals surface area contributed by atoms with Crippen molar-refractivity contribution >= 4 is 11.0 Å². The molecule has 0 fully saturated rings. The summed E-state index contributed by atoms with van der Waals surface area (Å²) in [5, 5.41) is 0. The number of nitrogens with zero attached hydrogens (tertiary/aromatic N) is 2. The number of hydrogen-bond acceptors (Lipinski definition) is 1. The molecule has 1 aromatic heterocycles. The minimum atomic E-state index is 0. The van der Waals surface area contributed by atoms with Gasteiger partial charge < -0.3 is 4.57 Å². The molecule has 3 aromatic carbocycles. The van der Waals surface area contributed by atoms with Crippen LogP contribution in [0.5, 0.6) is 0 Å². The van der Waals surface area contributed by atoms with Gasteiger partial charge in [-0.15, -0.1) is 35.9 Å². The van der Waals surface area contributed by atoms with Gasteiger partial charge in [-0.1, -0.05) is 29.8 Å². The fourth-order valence-electron chi connectivity index (χ4n) is 3.49. The largest absolute Gasteiger partial charge is 0.333 e. The first-order valence-electron chi connectivity index (χ1n) is 8.18. The van der Waals surface area contributed by atoms with Crippen molar-refractivity contribution in [1.82, 2.24) is 9.55 Å². The number of rotatable bonds is 2. The summed E-state index contributed by atoms with van der Waals surface area (Å²) in [6.45, 7) is 6.48. The SMILES string of the molecule is Cc1cc(C)c(-n2c(-c3[c-]cccc3)nc3ccccc32)c(C)c1.[Ir]. The van der Waals surface area contributed by atoms with E-state index in [1.165, 1.54) is 22.4 Å². The maximum atomic E-state index is 4.90. The average molecular weight is 504 g/mol. The van der Waals surface area contributed by atoms with Crippen LogP contribution in [0.4, 0.5) is 0 Å². The molecular formula is C22H19IrN2-. The van der Waals surface area contributed by atoms with Crippen LogP contribution in [0, 0.1) is 26.8 Å². The third-order valence-electron chi connectivity index (χ3n) is 4.37. The summed E-state index contributed by atoms with van der Waals surface area (Å²) in [6.07, 6.45) is 0. The topological polar surface area (TPSA) is 17.8 Å². The van der Waals surface area contributed by atoms with Gasteiger partial charge in [0.05, 0.1) is 16.9 Å². The Kier molecular flexibility index (Phi) is 4.89. The molecule has 0 saturated carbocycles. The second-order valence-corrected chi connectivity index (χ2v) is 6.28. The van der Waals surface area contributed by atoms with E-state index in [4.69, 9.17) is 4.98 Å². The average Bonchev–Trinajstić information content (AvgIpc) is 2.94. The summed E-state index contributed by atoms with van der Waals surface area (Å²) in [4.78, 5) is 4.90. The van der Waals surface area contributed by atoms with E-state index in [-0.39, 0.29) is 20.1 Å². The van der Waals surface area contributed by atoms with Crippen molar-refractivity contribution < 1.29 is 20.1 Å². The van der Waals surface area contributed by atoms with Crippen molar-refractivity contribution in [2.24, 2.45) is 0 Å². The Balaban J connectivity index is 0.00000182. The monoisotopic (exact) mass is 504 g/mol. The molecule has 0 N–H and O–H groups in total. The fraction of sp³-hybridized carbons (Fsp3) is 0.136. The van der Waals surface area contributed by atoms with E-state index in [1.54, 1.807) is 0 Å². The van der Waals surface area contributed by atoms with Gasteiger partial charge in [-0.25, -0.2) is 0 Å². The molecule has 127 valence electrons. The molecule has 0 bridgehead atoms. The normalized spacial score (nSPS) is 10.7. The molecule has 0 spiro atoms. The zero-order valence-corrected chi connectivity index (χ0v) is 16.9. The van der Waals surface area contributed by atoms with Gasteiger partial charge >= 0.3 is 0 Å². The molecule has 4 aromatic rings. The van der Waals surface area contributed by atoms with Gasteiger partial charge in [0.15, 0.2) is 0 Å². The summed E-state index contributed by atoms with van der Waals surface area (Å²) >= 11 is 0. The van der Waals surface area contributed by atoms with Crippen LogP contribution in [0.1, 0.15) is 16.7 Å². The van der Waals surface area contributed by atoms with Crippen molar-refractivity contribution in [2.75, 3.05) is 0 Å². The Bertz CT molecular complexity index is 1010. The van der Waals surface area contributed by atoms with Crippen molar-refractivity contribution in [2.45, 2.75) is 20.8 Å². The van der Waals surface area contributed by atoms with Crippen LogP contribution < -0.4 is 0 Å². The molecule has 0 aliphatic heterocycles. The number of aryl methyl sites for hydroxylation is 3. The van der Waals surface area contributed by atoms with E-state index >= 15 is 0 Å². The standard InChI is InChI=1S/C22H19N2.Ir/c1-15-13-16(2)21(17(3)14-15)24-20-12-8-7-11-19(20)23-22(24)18-9-5-4-6-10-18;/h4-9,11-14H,1-3H3;/q-1;. The van der Waals surface area contributed by atoms with Gasteiger partial charge in [0.1, 0.15) is 0 Å². The first-order chi connectivity index (χ1) is 11.6. The minimum absolute atomic E-state index is 0. The summed E-state index contributed by atoms with van der Waals surface area (Å²) in [6, 6.07) is 24.1. The molecule has 0 aliphatic rings. The van der Waals surface area contributed by atoms with Crippen LogP contribution in [0.15, 0.2) is 60.7 Å². The number of aromatic nitrogens is 2. The predicted octanol–water partition coefficient (Wildman–Crippen LogP) is 5.42. The van der Waals surface area contributed by atoms with Crippen molar-refractivity contribution in [3.05, 3.63) is 83.4 Å². The molecule has 1 heterocycles. The van der Waals surface area contributed by atoms with Crippen LogP contribution >= 0.6 is 0 Å². The van der Waals surface area contributed by atoms with E-state index in [9.17, 15) is 0 Å². The van der Waals surface area contributed by atoms with Gasteiger partial charge in [-0.3, -0.25) is 4.98 Å². The Morgan fingerprint density at radius 1 is 0.880 bits per heavy atom. The van der Waals surface area contributed by atoms with Crippen molar-refractivity contribution in [3.63, 3.8) is 0 Å². The summed E-state index contributed by atoms with van der Waals surface area (Å²) in [7, 11) is 0. The molecule has 0 amide bonds. The number of fused-ring (bicyclic) bond motifs is 1.